The topological polar surface area (TPSA) is 45.7 Å². The van der Waals surface area contributed by atoms with Gasteiger partial charge in [-0.2, -0.15) is 0 Å². The standard InChI is InChI=1S/C20H25N3O2S/c1-22(2)12-19-21-16(13-26-19)20(24)23-10-17(14-6-4-3-5-7-14)25-18(11-23)15-8-9-15/h3-7,13,15,17-18H,8-12H2,1-2H3/t17-,18+/m0/s1. The monoisotopic (exact) mass is 371 g/mol. The molecular formula is C20H25N3O2S. The van der Waals surface area contributed by atoms with Gasteiger partial charge in [0.1, 0.15) is 16.8 Å². The smallest absolute Gasteiger partial charge is 0.273 e. The van der Waals surface area contributed by atoms with Gasteiger partial charge in [0, 0.05) is 18.5 Å². The van der Waals surface area contributed by atoms with Crippen molar-refractivity contribution in [3.63, 3.8) is 0 Å². The summed E-state index contributed by atoms with van der Waals surface area (Å²) in [7, 11) is 4.02. The molecule has 0 bridgehead atoms. The second kappa shape index (κ2) is 7.47. The van der Waals surface area contributed by atoms with Crippen LogP contribution < -0.4 is 0 Å². The molecule has 5 nitrogen and oxygen atoms in total. The molecule has 6 heteroatoms. The number of amides is 1. The highest BCUT2D eigenvalue weighted by Gasteiger charge is 2.40. The molecule has 1 aromatic carbocycles. The number of carbonyl (C=O) groups excluding carboxylic acids is 1. The molecule has 2 fully saturated rings. The lowest BCUT2D eigenvalue weighted by Crippen LogP contribution is -2.47. The zero-order valence-electron chi connectivity index (χ0n) is 15.3. The van der Waals surface area contributed by atoms with Crippen LogP contribution in [0.5, 0.6) is 0 Å². The molecule has 0 radical (unpaired) electrons. The van der Waals surface area contributed by atoms with Crippen LogP contribution in [0.15, 0.2) is 35.7 Å². The third kappa shape index (κ3) is 3.98. The first-order valence-corrected chi connectivity index (χ1v) is 10.1. The molecule has 1 saturated heterocycles. The summed E-state index contributed by atoms with van der Waals surface area (Å²) in [5, 5.41) is 2.87. The molecule has 2 atom stereocenters. The molecule has 2 aliphatic rings. The number of carbonyl (C=O) groups is 1. The fourth-order valence-electron chi connectivity index (χ4n) is 3.45. The van der Waals surface area contributed by atoms with Crippen molar-refractivity contribution >= 4 is 17.2 Å². The Morgan fingerprint density at radius 1 is 1.27 bits per heavy atom. The van der Waals surface area contributed by atoms with Gasteiger partial charge in [-0.05, 0) is 38.4 Å². The largest absolute Gasteiger partial charge is 0.366 e. The molecule has 1 aliphatic heterocycles. The van der Waals surface area contributed by atoms with E-state index in [4.69, 9.17) is 4.74 Å². The fourth-order valence-corrected chi connectivity index (χ4v) is 4.33. The number of rotatable bonds is 5. The van der Waals surface area contributed by atoms with E-state index < -0.39 is 0 Å². The highest BCUT2D eigenvalue weighted by atomic mass is 32.1. The highest BCUT2D eigenvalue weighted by Crippen LogP contribution is 2.39. The van der Waals surface area contributed by atoms with Crippen LogP contribution in [0.4, 0.5) is 0 Å². The van der Waals surface area contributed by atoms with Gasteiger partial charge in [0.05, 0.1) is 12.6 Å². The lowest BCUT2D eigenvalue weighted by Gasteiger charge is -2.38. The maximum Gasteiger partial charge on any atom is 0.273 e. The van der Waals surface area contributed by atoms with E-state index in [2.05, 4.69) is 22.0 Å². The first kappa shape index (κ1) is 17.6. The number of hydrogen-bond donors (Lipinski definition) is 0. The van der Waals surface area contributed by atoms with Crippen molar-refractivity contribution in [2.45, 2.75) is 31.6 Å². The van der Waals surface area contributed by atoms with E-state index in [1.54, 1.807) is 11.3 Å². The molecule has 4 rings (SSSR count). The number of morpholine rings is 1. The summed E-state index contributed by atoms with van der Waals surface area (Å²) < 4.78 is 6.35. The van der Waals surface area contributed by atoms with Crippen molar-refractivity contribution in [1.82, 2.24) is 14.8 Å². The highest BCUT2D eigenvalue weighted by molar-refractivity contribution is 7.09. The van der Waals surface area contributed by atoms with Crippen molar-refractivity contribution in [3.8, 4) is 0 Å². The van der Waals surface area contributed by atoms with Crippen molar-refractivity contribution < 1.29 is 9.53 Å². The summed E-state index contributed by atoms with van der Waals surface area (Å²) in [5.74, 6) is 0.623. The third-order valence-electron chi connectivity index (χ3n) is 4.95. The molecule has 26 heavy (non-hydrogen) atoms. The van der Waals surface area contributed by atoms with Crippen LogP contribution in [0.3, 0.4) is 0 Å². The van der Waals surface area contributed by atoms with Gasteiger partial charge in [0.2, 0.25) is 0 Å². The molecule has 1 aliphatic carbocycles. The van der Waals surface area contributed by atoms with Crippen LogP contribution in [-0.2, 0) is 11.3 Å². The molecule has 2 heterocycles. The number of aromatic nitrogens is 1. The molecule has 138 valence electrons. The molecule has 0 spiro atoms. The maximum atomic E-state index is 13.1. The third-order valence-corrected chi connectivity index (χ3v) is 5.79. The van der Waals surface area contributed by atoms with Crippen LogP contribution in [0.1, 0.15) is 40.0 Å². The van der Waals surface area contributed by atoms with Crippen LogP contribution in [0.25, 0.3) is 0 Å². The summed E-state index contributed by atoms with van der Waals surface area (Å²) in [6.45, 7) is 2.03. The molecule has 0 N–H and O–H groups in total. The van der Waals surface area contributed by atoms with Gasteiger partial charge in [0.15, 0.2) is 0 Å². The second-order valence-electron chi connectivity index (χ2n) is 7.49. The van der Waals surface area contributed by atoms with E-state index in [1.165, 1.54) is 12.8 Å². The van der Waals surface area contributed by atoms with Gasteiger partial charge in [0.25, 0.3) is 5.91 Å². The summed E-state index contributed by atoms with van der Waals surface area (Å²) in [4.78, 5) is 21.6. The molecule has 1 saturated carbocycles. The van der Waals surface area contributed by atoms with E-state index in [-0.39, 0.29) is 18.1 Å². The number of benzene rings is 1. The minimum absolute atomic E-state index is 0.0288. The van der Waals surface area contributed by atoms with Crippen LogP contribution in [0, 0.1) is 5.92 Å². The van der Waals surface area contributed by atoms with E-state index in [0.29, 0.717) is 24.7 Å². The SMILES string of the molecule is CN(C)Cc1nc(C(=O)N2C[C@@H](c3ccccc3)O[C@@H](C3CC3)C2)cs1. The summed E-state index contributed by atoms with van der Waals surface area (Å²) in [6.07, 6.45) is 2.49. The van der Waals surface area contributed by atoms with Crippen LogP contribution in [0.2, 0.25) is 0 Å². The van der Waals surface area contributed by atoms with Crippen molar-refractivity contribution in [1.29, 1.82) is 0 Å². The Hall–Kier alpha value is -1.76. The minimum Gasteiger partial charge on any atom is -0.366 e. The first-order valence-electron chi connectivity index (χ1n) is 9.19. The van der Waals surface area contributed by atoms with Gasteiger partial charge >= 0.3 is 0 Å². The predicted octanol–water partition coefficient (Wildman–Crippen LogP) is 3.20. The van der Waals surface area contributed by atoms with Crippen LogP contribution >= 0.6 is 11.3 Å². The molecule has 1 aromatic heterocycles. The van der Waals surface area contributed by atoms with E-state index in [0.717, 1.165) is 17.1 Å². The Morgan fingerprint density at radius 2 is 2.04 bits per heavy atom. The zero-order chi connectivity index (χ0) is 18.1. The van der Waals surface area contributed by atoms with Crippen molar-refractivity contribution in [2.24, 2.45) is 5.92 Å². The van der Waals surface area contributed by atoms with Gasteiger partial charge in [-0.3, -0.25) is 4.79 Å². The normalized spacial score (nSPS) is 23.4. The van der Waals surface area contributed by atoms with Crippen molar-refractivity contribution in [3.05, 3.63) is 52.0 Å². The zero-order valence-corrected chi connectivity index (χ0v) is 16.1. The summed E-state index contributed by atoms with van der Waals surface area (Å²) in [6, 6.07) is 10.2. The number of hydrogen-bond acceptors (Lipinski definition) is 5. The average molecular weight is 372 g/mol. The Balaban J connectivity index is 1.52. The van der Waals surface area contributed by atoms with E-state index >= 15 is 0 Å². The van der Waals surface area contributed by atoms with Gasteiger partial charge in [-0.25, -0.2) is 4.98 Å². The Kier molecular flexibility index (Phi) is 5.07. The lowest BCUT2D eigenvalue weighted by atomic mass is 10.0. The molecule has 1 amide bonds. The van der Waals surface area contributed by atoms with Gasteiger partial charge in [-0.15, -0.1) is 11.3 Å². The van der Waals surface area contributed by atoms with Gasteiger partial charge < -0.3 is 14.5 Å². The Labute approximate surface area is 158 Å². The second-order valence-corrected chi connectivity index (χ2v) is 8.43. The predicted molar refractivity (Wildman–Crippen MR) is 102 cm³/mol. The maximum absolute atomic E-state index is 13.1. The fraction of sp³-hybridized carbons (Fsp3) is 0.500. The quantitative estimate of drug-likeness (QED) is 0.810. The van der Waals surface area contributed by atoms with Crippen molar-refractivity contribution in [2.75, 3.05) is 27.2 Å². The van der Waals surface area contributed by atoms with Gasteiger partial charge in [-0.1, -0.05) is 30.3 Å². The van der Waals surface area contributed by atoms with E-state index in [9.17, 15) is 4.79 Å². The minimum atomic E-state index is -0.0561. The van der Waals surface area contributed by atoms with E-state index in [1.807, 2.05) is 42.6 Å². The number of thiazole rings is 1. The van der Waals surface area contributed by atoms with Crippen LogP contribution in [-0.4, -0.2) is 54.0 Å². The first-order chi connectivity index (χ1) is 12.6. The lowest BCUT2D eigenvalue weighted by molar-refractivity contribution is -0.0864. The Morgan fingerprint density at radius 3 is 2.73 bits per heavy atom. The summed E-state index contributed by atoms with van der Waals surface area (Å²) >= 11 is 1.56. The molecular weight excluding hydrogens is 346 g/mol. The number of ether oxygens (including phenoxy) is 1. The Bertz CT molecular complexity index is 757. The number of nitrogens with zero attached hydrogens (tertiary/aromatic N) is 3. The molecule has 2 aromatic rings. The average Bonchev–Trinajstić information content (AvgIpc) is 3.41. The summed E-state index contributed by atoms with van der Waals surface area (Å²) in [5.41, 5.74) is 1.71. The molecule has 0 unspecified atom stereocenters.